The Kier molecular flexibility index (Phi) is 5.97. The predicted molar refractivity (Wildman–Crippen MR) is 89.0 cm³/mol. The van der Waals surface area contributed by atoms with Crippen LogP contribution in [0.15, 0.2) is 24.3 Å². The molecule has 1 aliphatic carbocycles. The molecular weight excluding hydrogens is 330 g/mol. The quantitative estimate of drug-likeness (QED) is 0.624. The molecule has 0 aromatic heterocycles. The number of anilines is 1. The van der Waals surface area contributed by atoms with Gasteiger partial charge in [-0.25, -0.2) is 0 Å². The summed E-state index contributed by atoms with van der Waals surface area (Å²) in [5.74, 6) is 0.343. The maximum Gasteiger partial charge on any atom is 0.227 e. The van der Waals surface area contributed by atoms with E-state index in [0.717, 1.165) is 37.8 Å². The Balaban J connectivity index is 1.95. The van der Waals surface area contributed by atoms with Crippen molar-refractivity contribution in [3.05, 3.63) is 29.8 Å². The fourth-order valence-electron chi connectivity index (χ4n) is 2.69. The first kappa shape index (κ1) is 16.2. The van der Waals surface area contributed by atoms with Crippen LogP contribution >= 0.6 is 15.9 Å². The number of carbonyl (C=O) groups is 2. The highest BCUT2D eigenvalue weighted by atomic mass is 79.9. The highest BCUT2D eigenvalue weighted by molar-refractivity contribution is 9.10. The van der Waals surface area contributed by atoms with Crippen LogP contribution in [-0.4, -0.2) is 16.5 Å². The van der Waals surface area contributed by atoms with Crippen LogP contribution in [0, 0.1) is 5.92 Å². The van der Waals surface area contributed by atoms with Crippen molar-refractivity contribution in [3.8, 4) is 0 Å². The third-order valence-corrected chi connectivity index (χ3v) is 5.12. The molecule has 1 N–H and O–H groups in total. The van der Waals surface area contributed by atoms with Crippen LogP contribution in [-0.2, 0) is 4.79 Å². The zero-order chi connectivity index (χ0) is 15.2. The van der Waals surface area contributed by atoms with Crippen molar-refractivity contribution in [2.24, 2.45) is 5.92 Å². The number of hydrogen-bond acceptors (Lipinski definition) is 2. The molecule has 0 heterocycles. The van der Waals surface area contributed by atoms with Crippen molar-refractivity contribution >= 4 is 33.3 Å². The molecule has 2 rings (SSSR count). The normalized spacial score (nSPS) is 17.2. The zero-order valence-electron chi connectivity index (χ0n) is 12.4. The van der Waals surface area contributed by atoms with Crippen molar-refractivity contribution in [1.82, 2.24) is 0 Å². The molecule has 114 valence electrons. The zero-order valence-corrected chi connectivity index (χ0v) is 14.0. The van der Waals surface area contributed by atoms with Crippen LogP contribution in [0.1, 0.15) is 55.8 Å². The van der Waals surface area contributed by atoms with Gasteiger partial charge in [-0.3, -0.25) is 9.59 Å². The number of amides is 1. The standard InChI is InChI=1S/C17H22BrNO2/c1-2-15(18)16(20)12-8-10-14(11-9-12)19-17(21)13-6-4-3-5-7-13/h8-11,13,15H,2-7H2,1H3,(H,19,21). The molecule has 0 saturated heterocycles. The van der Waals surface area contributed by atoms with Gasteiger partial charge in [-0.15, -0.1) is 0 Å². The smallest absolute Gasteiger partial charge is 0.227 e. The highest BCUT2D eigenvalue weighted by Crippen LogP contribution is 2.25. The third-order valence-electron chi connectivity index (χ3n) is 4.06. The lowest BCUT2D eigenvalue weighted by Crippen LogP contribution is -2.24. The Hall–Kier alpha value is -1.16. The number of ketones is 1. The average molecular weight is 352 g/mol. The van der Waals surface area contributed by atoms with Crippen LogP contribution in [0.3, 0.4) is 0 Å². The van der Waals surface area contributed by atoms with Gasteiger partial charge >= 0.3 is 0 Å². The lowest BCUT2D eigenvalue weighted by Gasteiger charge is -2.20. The van der Waals surface area contributed by atoms with E-state index in [9.17, 15) is 9.59 Å². The van der Waals surface area contributed by atoms with Crippen LogP contribution < -0.4 is 5.32 Å². The molecule has 1 amide bonds. The summed E-state index contributed by atoms with van der Waals surface area (Å²) in [5, 5.41) is 2.96. The van der Waals surface area contributed by atoms with Crippen LogP contribution in [0.4, 0.5) is 5.69 Å². The van der Waals surface area contributed by atoms with Crippen LogP contribution in [0.5, 0.6) is 0 Å². The molecule has 0 bridgehead atoms. The lowest BCUT2D eigenvalue weighted by atomic mass is 9.88. The van der Waals surface area contributed by atoms with E-state index in [0.29, 0.717) is 5.56 Å². The maximum absolute atomic E-state index is 12.2. The Morgan fingerprint density at radius 3 is 2.38 bits per heavy atom. The molecule has 1 aromatic rings. The largest absolute Gasteiger partial charge is 0.326 e. The first-order chi connectivity index (χ1) is 10.1. The number of alkyl halides is 1. The topological polar surface area (TPSA) is 46.2 Å². The molecular formula is C17H22BrNO2. The van der Waals surface area contributed by atoms with E-state index in [1.54, 1.807) is 12.1 Å². The minimum atomic E-state index is -0.139. The highest BCUT2D eigenvalue weighted by Gasteiger charge is 2.21. The molecule has 1 saturated carbocycles. The van der Waals surface area contributed by atoms with Crippen LogP contribution in [0.2, 0.25) is 0 Å². The summed E-state index contributed by atoms with van der Waals surface area (Å²) in [6.07, 6.45) is 6.28. The molecule has 1 atom stereocenters. The van der Waals surface area contributed by atoms with E-state index < -0.39 is 0 Å². The van der Waals surface area contributed by atoms with Gasteiger partial charge in [0.2, 0.25) is 5.91 Å². The van der Waals surface area contributed by atoms with Gasteiger partial charge in [0.1, 0.15) is 0 Å². The van der Waals surface area contributed by atoms with E-state index in [1.807, 2.05) is 19.1 Å². The van der Waals surface area contributed by atoms with Crippen molar-refractivity contribution in [2.75, 3.05) is 5.32 Å². The first-order valence-corrected chi connectivity index (χ1v) is 8.62. The van der Waals surface area contributed by atoms with E-state index in [-0.39, 0.29) is 22.4 Å². The fraction of sp³-hybridized carbons (Fsp3) is 0.529. The molecule has 4 heteroatoms. The van der Waals surface area contributed by atoms with Gasteiger partial charge in [0.25, 0.3) is 0 Å². The van der Waals surface area contributed by atoms with E-state index in [2.05, 4.69) is 21.2 Å². The average Bonchev–Trinajstić information content (AvgIpc) is 2.55. The SMILES string of the molecule is CCC(Br)C(=O)c1ccc(NC(=O)C2CCCCC2)cc1. The Morgan fingerprint density at radius 1 is 1.19 bits per heavy atom. The van der Waals surface area contributed by atoms with Crippen molar-refractivity contribution in [3.63, 3.8) is 0 Å². The summed E-state index contributed by atoms with van der Waals surface area (Å²) in [5.41, 5.74) is 1.44. The summed E-state index contributed by atoms with van der Waals surface area (Å²) >= 11 is 3.37. The second kappa shape index (κ2) is 7.74. The van der Waals surface area contributed by atoms with E-state index in [1.165, 1.54) is 6.42 Å². The second-order valence-corrected chi connectivity index (χ2v) is 6.75. The predicted octanol–water partition coefficient (Wildman–Crippen LogP) is 4.56. The molecule has 1 aliphatic rings. The molecule has 1 aromatic carbocycles. The Bertz CT molecular complexity index is 492. The molecule has 3 nitrogen and oxygen atoms in total. The lowest BCUT2D eigenvalue weighted by molar-refractivity contribution is -0.120. The number of Topliss-reactive ketones (excluding diaryl/α,β-unsaturated/α-hetero) is 1. The summed E-state index contributed by atoms with van der Waals surface area (Å²) in [4.78, 5) is 24.0. The van der Waals surface area contributed by atoms with Gasteiger partial charge in [-0.05, 0) is 43.5 Å². The van der Waals surface area contributed by atoms with Gasteiger partial charge in [-0.1, -0.05) is 42.1 Å². The second-order valence-electron chi connectivity index (χ2n) is 5.64. The molecule has 0 aliphatic heterocycles. The number of rotatable bonds is 5. The molecule has 1 unspecified atom stereocenters. The number of hydrogen-bond donors (Lipinski definition) is 1. The minimum absolute atomic E-state index is 0.0858. The maximum atomic E-state index is 12.2. The molecule has 21 heavy (non-hydrogen) atoms. The summed E-state index contributed by atoms with van der Waals surface area (Å²) < 4.78 is 0. The number of halogens is 1. The van der Waals surface area contributed by atoms with Gasteiger partial charge in [0.15, 0.2) is 5.78 Å². The van der Waals surface area contributed by atoms with Gasteiger partial charge in [-0.2, -0.15) is 0 Å². The summed E-state index contributed by atoms with van der Waals surface area (Å²) in [7, 11) is 0. The number of benzene rings is 1. The Labute approximate surface area is 134 Å². The minimum Gasteiger partial charge on any atom is -0.326 e. The van der Waals surface area contributed by atoms with Crippen molar-refractivity contribution in [2.45, 2.75) is 50.3 Å². The van der Waals surface area contributed by atoms with E-state index >= 15 is 0 Å². The van der Waals surface area contributed by atoms with Crippen molar-refractivity contribution < 1.29 is 9.59 Å². The van der Waals surface area contributed by atoms with E-state index in [4.69, 9.17) is 0 Å². The van der Waals surface area contributed by atoms with Gasteiger partial charge in [0, 0.05) is 17.2 Å². The third kappa shape index (κ3) is 4.40. The number of carbonyl (C=O) groups excluding carboxylic acids is 2. The molecule has 1 fully saturated rings. The van der Waals surface area contributed by atoms with Gasteiger partial charge in [0.05, 0.1) is 4.83 Å². The Morgan fingerprint density at radius 2 is 1.81 bits per heavy atom. The monoisotopic (exact) mass is 351 g/mol. The van der Waals surface area contributed by atoms with Gasteiger partial charge < -0.3 is 5.32 Å². The number of nitrogens with one attached hydrogen (secondary N) is 1. The summed E-state index contributed by atoms with van der Waals surface area (Å²) in [6, 6.07) is 7.18. The first-order valence-electron chi connectivity index (χ1n) is 7.71. The molecule has 0 spiro atoms. The van der Waals surface area contributed by atoms with Crippen LogP contribution in [0.25, 0.3) is 0 Å². The van der Waals surface area contributed by atoms with Crippen molar-refractivity contribution in [1.29, 1.82) is 0 Å². The fourth-order valence-corrected chi connectivity index (χ4v) is 2.96. The summed E-state index contributed by atoms with van der Waals surface area (Å²) in [6.45, 7) is 1.97. The molecule has 0 radical (unpaired) electrons.